The fourth-order valence-corrected chi connectivity index (χ4v) is 1.56. The first-order valence-corrected chi connectivity index (χ1v) is 6.41. The Morgan fingerprint density at radius 1 is 1.27 bits per heavy atom. The van der Waals surface area contributed by atoms with Crippen LogP contribution in [0.3, 0.4) is 0 Å². The molecule has 120 valence electrons. The van der Waals surface area contributed by atoms with E-state index in [2.05, 4.69) is 10.5 Å². The van der Waals surface area contributed by atoms with Gasteiger partial charge < -0.3 is 4.74 Å². The Kier molecular flexibility index (Phi) is 5.52. The molecule has 0 saturated carbocycles. The van der Waals surface area contributed by atoms with Gasteiger partial charge in [0.1, 0.15) is 5.69 Å². The average Bonchev–Trinajstić information content (AvgIpc) is 2.41. The minimum absolute atomic E-state index is 0.0773. The van der Waals surface area contributed by atoms with Crippen molar-refractivity contribution in [2.24, 2.45) is 10.5 Å². The number of nitrogens with one attached hydrogen (secondary N) is 1. The number of non-ortho nitro benzene ring substituents is 1. The molecule has 22 heavy (non-hydrogen) atoms. The summed E-state index contributed by atoms with van der Waals surface area (Å²) in [5, 5.41) is 25.9. The molecule has 0 atom stereocenters. The van der Waals surface area contributed by atoms with E-state index < -0.39 is 15.5 Å². The summed E-state index contributed by atoms with van der Waals surface area (Å²) in [5.41, 5.74) is 2.27. The van der Waals surface area contributed by atoms with Crippen LogP contribution in [-0.2, 0) is 4.74 Å². The molecule has 0 fully saturated rings. The van der Waals surface area contributed by atoms with Gasteiger partial charge in [0.25, 0.3) is 5.69 Å². The summed E-state index contributed by atoms with van der Waals surface area (Å²) in [4.78, 5) is 20.3. The molecule has 0 radical (unpaired) electrons. The van der Waals surface area contributed by atoms with E-state index in [0.29, 0.717) is 5.71 Å². The molecule has 0 aliphatic heterocycles. The molecule has 1 aromatic carbocycles. The van der Waals surface area contributed by atoms with Crippen LogP contribution in [0.4, 0.5) is 17.1 Å². The van der Waals surface area contributed by atoms with Gasteiger partial charge in [-0.15, -0.1) is 0 Å². The van der Waals surface area contributed by atoms with Crippen molar-refractivity contribution in [2.45, 2.75) is 20.8 Å². The first-order valence-electron chi connectivity index (χ1n) is 6.41. The Bertz CT molecular complexity index is 607. The van der Waals surface area contributed by atoms with E-state index in [9.17, 15) is 20.2 Å². The lowest BCUT2D eigenvalue weighted by Gasteiger charge is -2.20. The first-order chi connectivity index (χ1) is 10.2. The lowest BCUT2D eigenvalue weighted by atomic mass is 9.90. The fourth-order valence-electron chi connectivity index (χ4n) is 1.56. The Morgan fingerprint density at radius 2 is 1.91 bits per heavy atom. The molecule has 0 aliphatic carbocycles. The predicted molar refractivity (Wildman–Crippen MR) is 82.1 cm³/mol. The van der Waals surface area contributed by atoms with Gasteiger partial charge in [0.2, 0.25) is 0 Å². The maximum Gasteiger partial charge on any atom is 0.301 e. The Balaban J connectivity index is 3.16. The zero-order valence-corrected chi connectivity index (χ0v) is 12.8. The van der Waals surface area contributed by atoms with Crippen LogP contribution in [0.2, 0.25) is 0 Å². The summed E-state index contributed by atoms with van der Waals surface area (Å²) in [6.07, 6.45) is 0. The van der Waals surface area contributed by atoms with Crippen molar-refractivity contribution in [2.75, 3.05) is 19.1 Å². The largest absolute Gasteiger partial charge is 0.379 e. The van der Waals surface area contributed by atoms with E-state index in [4.69, 9.17) is 4.74 Å². The highest BCUT2D eigenvalue weighted by atomic mass is 16.6. The molecule has 1 rings (SSSR count). The number of methoxy groups -OCH3 is 1. The van der Waals surface area contributed by atoms with Crippen LogP contribution in [0.25, 0.3) is 0 Å². The Morgan fingerprint density at radius 3 is 2.36 bits per heavy atom. The van der Waals surface area contributed by atoms with Gasteiger partial charge in [-0.05, 0) is 6.07 Å². The van der Waals surface area contributed by atoms with Crippen molar-refractivity contribution in [1.29, 1.82) is 0 Å². The van der Waals surface area contributed by atoms with Crippen molar-refractivity contribution < 1.29 is 14.6 Å². The summed E-state index contributed by atoms with van der Waals surface area (Å²) < 4.78 is 5.05. The number of hydrogen-bond donors (Lipinski definition) is 1. The van der Waals surface area contributed by atoms with Crippen molar-refractivity contribution in [3.8, 4) is 0 Å². The summed E-state index contributed by atoms with van der Waals surface area (Å²) >= 11 is 0. The standard InChI is InChI=1S/C13H18N4O5/c1-13(2,3)12(8-22-4)15-14-10-6-5-9(16(18)19)7-11(10)17(20)21/h5-7,14H,8H2,1-4H3. The van der Waals surface area contributed by atoms with Crippen molar-refractivity contribution in [1.82, 2.24) is 0 Å². The molecule has 1 aromatic rings. The highest BCUT2D eigenvalue weighted by Crippen LogP contribution is 2.29. The van der Waals surface area contributed by atoms with Crippen LogP contribution in [0, 0.1) is 25.6 Å². The van der Waals surface area contributed by atoms with E-state index in [1.807, 2.05) is 20.8 Å². The van der Waals surface area contributed by atoms with Gasteiger partial charge in [-0.25, -0.2) is 0 Å². The van der Waals surface area contributed by atoms with Crippen LogP contribution in [0.15, 0.2) is 23.3 Å². The van der Waals surface area contributed by atoms with Crippen molar-refractivity contribution in [3.63, 3.8) is 0 Å². The third-order valence-electron chi connectivity index (χ3n) is 2.85. The second-order valence-corrected chi connectivity index (χ2v) is 5.57. The van der Waals surface area contributed by atoms with Crippen molar-refractivity contribution >= 4 is 22.8 Å². The van der Waals surface area contributed by atoms with E-state index in [1.54, 1.807) is 0 Å². The molecule has 9 heteroatoms. The molecule has 1 N–H and O–H groups in total. The maximum absolute atomic E-state index is 11.0. The Hall–Kier alpha value is -2.55. The lowest BCUT2D eigenvalue weighted by molar-refractivity contribution is -0.393. The highest BCUT2D eigenvalue weighted by molar-refractivity contribution is 5.91. The predicted octanol–water partition coefficient (Wildman–Crippen LogP) is 2.96. The lowest BCUT2D eigenvalue weighted by Crippen LogP contribution is -2.26. The first kappa shape index (κ1) is 17.5. The third kappa shape index (κ3) is 4.48. The summed E-state index contributed by atoms with van der Waals surface area (Å²) in [6.45, 7) is 6.04. The summed E-state index contributed by atoms with van der Waals surface area (Å²) in [6, 6.07) is 3.33. The monoisotopic (exact) mass is 310 g/mol. The van der Waals surface area contributed by atoms with Gasteiger partial charge in [-0.3, -0.25) is 25.7 Å². The van der Waals surface area contributed by atoms with Crippen LogP contribution in [0.5, 0.6) is 0 Å². The molecule has 0 saturated heterocycles. The molecule has 0 aromatic heterocycles. The topological polar surface area (TPSA) is 120 Å². The number of ether oxygens (including phenoxy) is 1. The number of hydrazone groups is 1. The van der Waals surface area contributed by atoms with Gasteiger partial charge in [0.15, 0.2) is 0 Å². The van der Waals surface area contributed by atoms with Crippen molar-refractivity contribution in [3.05, 3.63) is 38.4 Å². The summed E-state index contributed by atoms with van der Waals surface area (Å²) in [7, 11) is 1.52. The van der Waals surface area contributed by atoms with Crippen LogP contribution < -0.4 is 5.43 Å². The number of rotatable bonds is 6. The van der Waals surface area contributed by atoms with Gasteiger partial charge >= 0.3 is 5.69 Å². The zero-order chi connectivity index (χ0) is 16.9. The molecule has 0 spiro atoms. The maximum atomic E-state index is 11.0. The SMILES string of the molecule is COCC(=NNc1ccc([N+](=O)[O-])cc1[N+](=O)[O-])C(C)(C)C. The summed E-state index contributed by atoms with van der Waals surface area (Å²) in [5.74, 6) is 0. The number of nitro benzene ring substituents is 2. The number of benzene rings is 1. The third-order valence-corrected chi connectivity index (χ3v) is 2.85. The van der Waals surface area contributed by atoms with Gasteiger partial charge in [0, 0.05) is 18.6 Å². The number of hydrogen-bond acceptors (Lipinski definition) is 7. The smallest absolute Gasteiger partial charge is 0.301 e. The number of nitro groups is 2. The number of nitrogens with zero attached hydrogens (tertiary/aromatic N) is 3. The van der Waals surface area contributed by atoms with E-state index in [-0.39, 0.29) is 23.4 Å². The normalized spacial score (nSPS) is 12.1. The average molecular weight is 310 g/mol. The van der Waals surface area contributed by atoms with E-state index in [0.717, 1.165) is 6.07 Å². The minimum Gasteiger partial charge on any atom is -0.379 e. The Labute approximate surface area is 127 Å². The van der Waals surface area contributed by atoms with Gasteiger partial charge in [0.05, 0.1) is 28.2 Å². The molecule has 9 nitrogen and oxygen atoms in total. The molecule has 0 unspecified atom stereocenters. The minimum atomic E-state index is -0.696. The molecule has 0 amide bonds. The van der Waals surface area contributed by atoms with E-state index in [1.165, 1.54) is 19.2 Å². The fraction of sp³-hybridized carbons (Fsp3) is 0.462. The van der Waals surface area contributed by atoms with Crippen LogP contribution in [-0.4, -0.2) is 29.3 Å². The van der Waals surface area contributed by atoms with E-state index >= 15 is 0 Å². The van der Waals surface area contributed by atoms with Gasteiger partial charge in [-0.1, -0.05) is 20.8 Å². The second-order valence-electron chi connectivity index (χ2n) is 5.57. The molecular formula is C13H18N4O5. The molecule has 0 heterocycles. The molecule has 0 aliphatic rings. The molecular weight excluding hydrogens is 292 g/mol. The molecule has 0 bridgehead atoms. The van der Waals surface area contributed by atoms with Gasteiger partial charge in [-0.2, -0.15) is 5.10 Å². The van der Waals surface area contributed by atoms with Crippen LogP contribution >= 0.6 is 0 Å². The van der Waals surface area contributed by atoms with Crippen LogP contribution in [0.1, 0.15) is 20.8 Å². The number of anilines is 1. The second kappa shape index (κ2) is 6.94. The quantitative estimate of drug-likeness (QED) is 0.490. The highest BCUT2D eigenvalue weighted by Gasteiger charge is 2.22. The zero-order valence-electron chi connectivity index (χ0n) is 12.8.